The van der Waals surface area contributed by atoms with Crippen molar-refractivity contribution in [3.8, 4) is 11.8 Å². The predicted molar refractivity (Wildman–Crippen MR) is 81.3 cm³/mol. The Bertz CT molecular complexity index is 687. The summed E-state index contributed by atoms with van der Waals surface area (Å²) in [5.41, 5.74) is 11.0. The molecule has 0 atom stereocenters. The van der Waals surface area contributed by atoms with E-state index in [-0.39, 0.29) is 0 Å². The summed E-state index contributed by atoms with van der Waals surface area (Å²) in [4.78, 5) is 0. The number of aryl methyl sites for hydroxylation is 2. The molecule has 102 valence electrons. The quantitative estimate of drug-likeness (QED) is 0.835. The molecule has 0 fully saturated rings. The highest BCUT2D eigenvalue weighted by Crippen LogP contribution is 2.32. The standard InChI is InChI=1S/C16H17N3O/c1-10-6-15(16(20-3)7-11(10)2)19-14-5-4-12(9-17)8-13(14)18/h4-8,19H,18H2,1-3H3. The molecule has 0 aromatic heterocycles. The van der Waals surface area contributed by atoms with Crippen molar-refractivity contribution in [3.63, 3.8) is 0 Å². The van der Waals surface area contributed by atoms with Crippen molar-refractivity contribution in [3.05, 3.63) is 47.0 Å². The largest absolute Gasteiger partial charge is 0.495 e. The Morgan fingerprint density at radius 2 is 1.80 bits per heavy atom. The van der Waals surface area contributed by atoms with E-state index in [4.69, 9.17) is 15.7 Å². The molecule has 4 heteroatoms. The zero-order chi connectivity index (χ0) is 14.7. The van der Waals surface area contributed by atoms with Crippen molar-refractivity contribution in [2.75, 3.05) is 18.2 Å². The highest BCUT2D eigenvalue weighted by molar-refractivity contribution is 5.77. The molecule has 0 aliphatic rings. The Morgan fingerprint density at radius 1 is 1.10 bits per heavy atom. The van der Waals surface area contributed by atoms with Crippen molar-refractivity contribution in [2.24, 2.45) is 0 Å². The van der Waals surface area contributed by atoms with Crippen molar-refractivity contribution in [2.45, 2.75) is 13.8 Å². The number of benzene rings is 2. The molecular formula is C16H17N3O. The van der Waals surface area contributed by atoms with Crippen LogP contribution in [0.1, 0.15) is 16.7 Å². The van der Waals surface area contributed by atoms with Crippen LogP contribution in [0.15, 0.2) is 30.3 Å². The van der Waals surface area contributed by atoms with Gasteiger partial charge < -0.3 is 15.8 Å². The zero-order valence-corrected chi connectivity index (χ0v) is 11.8. The van der Waals surface area contributed by atoms with E-state index in [9.17, 15) is 0 Å². The number of nitrogens with one attached hydrogen (secondary N) is 1. The molecule has 20 heavy (non-hydrogen) atoms. The molecule has 0 heterocycles. The van der Waals surface area contributed by atoms with Gasteiger partial charge in [0.05, 0.1) is 35.8 Å². The van der Waals surface area contributed by atoms with E-state index in [1.165, 1.54) is 11.1 Å². The van der Waals surface area contributed by atoms with Gasteiger partial charge in [-0.15, -0.1) is 0 Å². The number of rotatable bonds is 3. The van der Waals surface area contributed by atoms with Crippen molar-refractivity contribution >= 4 is 17.1 Å². The monoisotopic (exact) mass is 267 g/mol. The molecule has 0 aliphatic carbocycles. The van der Waals surface area contributed by atoms with Gasteiger partial charge in [0.15, 0.2) is 0 Å². The average Bonchev–Trinajstić information content (AvgIpc) is 2.44. The van der Waals surface area contributed by atoms with Gasteiger partial charge in [0.25, 0.3) is 0 Å². The molecule has 0 saturated carbocycles. The van der Waals surface area contributed by atoms with E-state index >= 15 is 0 Å². The van der Waals surface area contributed by atoms with Gasteiger partial charge in [-0.2, -0.15) is 5.26 Å². The summed E-state index contributed by atoms with van der Waals surface area (Å²) in [5.74, 6) is 0.761. The number of nitrogens with two attached hydrogens (primary N) is 1. The summed E-state index contributed by atoms with van der Waals surface area (Å²) >= 11 is 0. The molecule has 0 unspecified atom stereocenters. The van der Waals surface area contributed by atoms with Gasteiger partial charge in [0, 0.05) is 0 Å². The van der Waals surface area contributed by atoms with E-state index in [0.29, 0.717) is 11.3 Å². The topological polar surface area (TPSA) is 71.1 Å². The first-order valence-electron chi connectivity index (χ1n) is 6.27. The molecule has 0 spiro atoms. The Balaban J connectivity index is 2.40. The van der Waals surface area contributed by atoms with E-state index in [0.717, 1.165) is 17.1 Å². The SMILES string of the molecule is COc1cc(C)c(C)cc1Nc1ccc(C#N)cc1N. The normalized spacial score (nSPS) is 9.90. The van der Waals surface area contributed by atoms with Crippen LogP contribution < -0.4 is 15.8 Å². The minimum absolute atomic E-state index is 0.532. The maximum atomic E-state index is 8.85. The molecule has 0 radical (unpaired) electrons. The van der Waals surface area contributed by atoms with E-state index < -0.39 is 0 Å². The molecule has 4 nitrogen and oxygen atoms in total. The number of ether oxygens (including phenoxy) is 1. The van der Waals surface area contributed by atoms with Crippen molar-refractivity contribution < 1.29 is 4.74 Å². The summed E-state index contributed by atoms with van der Waals surface area (Å²) in [5, 5.41) is 12.1. The molecule has 0 aliphatic heterocycles. The zero-order valence-electron chi connectivity index (χ0n) is 11.8. The second-order valence-electron chi connectivity index (χ2n) is 4.68. The molecule has 0 bridgehead atoms. The lowest BCUT2D eigenvalue weighted by molar-refractivity contribution is 0.416. The van der Waals surface area contributed by atoms with Gasteiger partial charge in [-0.1, -0.05) is 0 Å². The molecule has 0 saturated heterocycles. The lowest BCUT2D eigenvalue weighted by atomic mass is 10.1. The fourth-order valence-electron chi connectivity index (χ4n) is 1.95. The Morgan fingerprint density at radius 3 is 2.40 bits per heavy atom. The molecule has 2 rings (SSSR count). The first-order chi connectivity index (χ1) is 9.55. The van der Waals surface area contributed by atoms with Gasteiger partial charge in [-0.3, -0.25) is 0 Å². The average molecular weight is 267 g/mol. The second kappa shape index (κ2) is 5.54. The van der Waals surface area contributed by atoms with Crippen LogP contribution in [-0.2, 0) is 0 Å². The van der Waals surface area contributed by atoms with Crippen molar-refractivity contribution in [1.29, 1.82) is 5.26 Å². The summed E-state index contributed by atoms with van der Waals surface area (Å²) < 4.78 is 5.38. The fraction of sp³-hybridized carbons (Fsp3) is 0.188. The highest BCUT2D eigenvalue weighted by atomic mass is 16.5. The van der Waals surface area contributed by atoms with Crippen LogP contribution in [0.5, 0.6) is 5.75 Å². The maximum Gasteiger partial charge on any atom is 0.142 e. The predicted octanol–water partition coefficient (Wildman–Crippen LogP) is 3.51. The fourth-order valence-corrected chi connectivity index (χ4v) is 1.95. The second-order valence-corrected chi connectivity index (χ2v) is 4.68. The number of anilines is 3. The summed E-state index contributed by atoms with van der Waals surface area (Å²) in [6, 6.07) is 11.2. The van der Waals surface area contributed by atoms with Crippen LogP contribution in [-0.4, -0.2) is 7.11 Å². The lowest BCUT2D eigenvalue weighted by Gasteiger charge is -2.15. The van der Waals surface area contributed by atoms with Crippen LogP contribution in [0.4, 0.5) is 17.1 Å². The number of nitrogens with zero attached hydrogens (tertiary/aromatic N) is 1. The third-order valence-corrected chi connectivity index (χ3v) is 3.27. The first-order valence-corrected chi connectivity index (χ1v) is 6.27. The smallest absolute Gasteiger partial charge is 0.142 e. The summed E-state index contributed by atoms with van der Waals surface area (Å²) in [6.45, 7) is 4.08. The van der Waals surface area contributed by atoms with Crippen LogP contribution in [0.3, 0.4) is 0 Å². The van der Waals surface area contributed by atoms with Crippen LogP contribution in [0.2, 0.25) is 0 Å². The van der Waals surface area contributed by atoms with Crippen LogP contribution in [0.25, 0.3) is 0 Å². The van der Waals surface area contributed by atoms with Crippen LogP contribution in [0, 0.1) is 25.2 Å². The third-order valence-electron chi connectivity index (χ3n) is 3.27. The Labute approximate surface area is 118 Å². The van der Waals surface area contributed by atoms with Crippen molar-refractivity contribution in [1.82, 2.24) is 0 Å². The molecular weight excluding hydrogens is 250 g/mol. The molecule has 0 amide bonds. The molecule has 3 N–H and O–H groups in total. The van der Waals surface area contributed by atoms with Gasteiger partial charge in [0.2, 0.25) is 0 Å². The Kier molecular flexibility index (Phi) is 3.81. The minimum atomic E-state index is 0.532. The maximum absolute atomic E-state index is 8.85. The van der Waals surface area contributed by atoms with Gasteiger partial charge in [0.1, 0.15) is 5.75 Å². The number of hydrogen-bond acceptors (Lipinski definition) is 4. The summed E-state index contributed by atoms with van der Waals surface area (Å²) in [7, 11) is 1.64. The molecule has 2 aromatic rings. The van der Waals surface area contributed by atoms with Gasteiger partial charge in [-0.25, -0.2) is 0 Å². The molecule has 2 aromatic carbocycles. The first kappa shape index (κ1) is 13.8. The number of hydrogen-bond donors (Lipinski definition) is 2. The number of nitriles is 1. The third kappa shape index (κ3) is 2.67. The Hall–Kier alpha value is -2.67. The highest BCUT2D eigenvalue weighted by Gasteiger charge is 2.08. The van der Waals surface area contributed by atoms with Gasteiger partial charge in [-0.05, 0) is 55.3 Å². The van der Waals surface area contributed by atoms with E-state index in [1.807, 2.05) is 26.0 Å². The number of methoxy groups -OCH3 is 1. The number of nitrogen functional groups attached to an aromatic ring is 1. The van der Waals surface area contributed by atoms with Crippen LogP contribution >= 0.6 is 0 Å². The van der Waals surface area contributed by atoms with E-state index in [1.54, 1.807) is 25.3 Å². The van der Waals surface area contributed by atoms with E-state index in [2.05, 4.69) is 11.4 Å². The minimum Gasteiger partial charge on any atom is -0.495 e. The summed E-state index contributed by atoms with van der Waals surface area (Å²) in [6.07, 6.45) is 0. The van der Waals surface area contributed by atoms with Gasteiger partial charge >= 0.3 is 0 Å². The lowest BCUT2D eigenvalue weighted by Crippen LogP contribution is -2.00.